The molecule has 0 heterocycles. The lowest BCUT2D eigenvalue weighted by Gasteiger charge is -2.22. The summed E-state index contributed by atoms with van der Waals surface area (Å²) in [5.41, 5.74) is 0. The molecule has 1 aromatic rings. The Hall–Kier alpha value is -2.01. The topological polar surface area (TPSA) is 57.6 Å². The largest absolute Gasteiger partial charge is 0.478 e. The van der Waals surface area contributed by atoms with E-state index in [2.05, 4.69) is 6.92 Å². The number of carboxylic acids is 1. The van der Waals surface area contributed by atoms with E-state index < -0.39 is 5.97 Å². The minimum absolute atomic E-state index is 0.0452. The van der Waals surface area contributed by atoms with Crippen molar-refractivity contribution in [1.82, 2.24) is 4.31 Å². The maximum Gasteiger partial charge on any atom is 0.328 e. The van der Waals surface area contributed by atoms with Gasteiger partial charge >= 0.3 is 5.97 Å². The first-order chi connectivity index (χ1) is 11.1. The van der Waals surface area contributed by atoms with Crippen LogP contribution in [-0.4, -0.2) is 27.8 Å². The van der Waals surface area contributed by atoms with Crippen molar-refractivity contribution in [2.24, 2.45) is 0 Å². The highest BCUT2D eigenvalue weighted by atomic mass is 32.2. The van der Waals surface area contributed by atoms with Gasteiger partial charge in [-0.25, -0.2) is 4.79 Å². The molecular formula is C18H21NO3S. The van der Waals surface area contributed by atoms with Crippen molar-refractivity contribution in [1.29, 1.82) is 0 Å². The van der Waals surface area contributed by atoms with Crippen LogP contribution in [-0.2, 0) is 9.59 Å². The smallest absolute Gasteiger partial charge is 0.328 e. The summed E-state index contributed by atoms with van der Waals surface area (Å²) in [5, 5.41) is 11.0. The highest BCUT2D eigenvalue weighted by Crippen LogP contribution is 2.25. The van der Waals surface area contributed by atoms with Crippen molar-refractivity contribution in [3.63, 3.8) is 0 Å². The van der Waals surface area contributed by atoms with Gasteiger partial charge in [-0.05, 0) is 34.9 Å². The van der Waals surface area contributed by atoms with Gasteiger partial charge in [0.25, 0.3) is 0 Å². The summed E-state index contributed by atoms with van der Waals surface area (Å²) in [4.78, 5) is 24.0. The summed E-state index contributed by atoms with van der Waals surface area (Å²) >= 11 is 1.39. The quantitative estimate of drug-likeness (QED) is 0.428. The molecule has 0 aliphatic heterocycles. The van der Waals surface area contributed by atoms with Crippen molar-refractivity contribution in [3.05, 3.63) is 46.9 Å². The number of carbonyl (C=O) groups is 2. The molecule has 0 spiro atoms. The molecule has 122 valence electrons. The van der Waals surface area contributed by atoms with E-state index >= 15 is 0 Å². The molecule has 1 aliphatic carbocycles. The molecule has 0 aromatic heterocycles. The Morgan fingerprint density at radius 1 is 1.26 bits per heavy atom. The minimum atomic E-state index is -0.999. The van der Waals surface area contributed by atoms with Crippen LogP contribution in [0.1, 0.15) is 32.6 Å². The first-order valence-corrected chi connectivity index (χ1v) is 8.58. The van der Waals surface area contributed by atoms with Crippen LogP contribution in [0.25, 0.3) is 11.0 Å². The third-order valence-corrected chi connectivity index (χ3v) is 4.63. The standard InChI is InChI=1S/C18H21NO3S/c1-2-3-4-10-17(20)19(12-7-11-18(21)22)23-16-13-14-8-5-6-9-15(14)16/h5-9,11,13H,2-4,10,12H2,1H3,(H,21,22). The number of amides is 1. The van der Waals surface area contributed by atoms with Gasteiger partial charge in [-0.2, -0.15) is 0 Å². The molecule has 2 rings (SSSR count). The molecule has 0 bridgehead atoms. The Balaban J connectivity index is 2.05. The zero-order chi connectivity index (χ0) is 16.7. The number of carboxylic acid groups (broad SMARTS) is 1. The number of hydrogen-bond acceptors (Lipinski definition) is 3. The average Bonchev–Trinajstić information content (AvgIpc) is 2.50. The second-order valence-corrected chi connectivity index (χ2v) is 6.40. The van der Waals surface area contributed by atoms with E-state index in [9.17, 15) is 9.59 Å². The van der Waals surface area contributed by atoms with Crippen molar-refractivity contribution in [2.45, 2.75) is 32.6 Å². The van der Waals surface area contributed by atoms with Gasteiger partial charge in [0.2, 0.25) is 5.91 Å². The highest BCUT2D eigenvalue weighted by Gasteiger charge is 2.17. The van der Waals surface area contributed by atoms with Crippen LogP contribution in [0.4, 0.5) is 0 Å². The third kappa shape index (κ3) is 4.99. The molecule has 0 unspecified atom stereocenters. The Labute approximate surface area is 140 Å². The van der Waals surface area contributed by atoms with E-state index in [0.29, 0.717) is 13.0 Å². The lowest BCUT2D eigenvalue weighted by atomic mass is 10.1. The molecular weight excluding hydrogens is 310 g/mol. The van der Waals surface area contributed by atoms with Crippen LogP contribution >= 0.6 is 11.9 Å². The highest BCUT2D eigenvalue weighted by molar-refractivity contribution is 8.07. The maximum absolute atomic E-state index is 12.4. The first-order valence-electron chi connectivity index (χ1n) is 7.80. The van der Waals surface area contributed by atoms with Crippen LogP contribution in [0.5, 0.6) is 0 Å². The Morgan fingerprint density at radius 2 is 2.04 bits per heavy atom. The SMILES string of the molecule is CCCCCC(=O)N(CC=CC(=O)O)SC1=c2ccccc2=C1. The summed E-state index contributed by atoms with van der Waals surface area (Å²) in [6.45, 7) is 2.39. The summed E-state index contributed by atoms with van der Waals surface area (Å²) in [6.07, 6.45) is 8.10. The van der Waals surface area contributed by atoms with Crippen LogP contribution in [0.15, 0.2) is 36.4 Å². The van der Waals surface area contributed by atoms with Crippen LogP contribution in [0.3, 0.4) is 0 Å². The number of hydrogen-bond donors (Lipinski definition) is 1. The van der Waals surface area contributed by atoms with Crippen molar-refractivity contribution >= 4 is 34.8 Å². The zero-order valence-corrected chi connectivity index (χ0v) is 14.0. The van der Waals surface area contributed by atoms with Gasteiger partial charge in [0.15, 0.2) is 0 Å². The molecule has 1 amide bonds. The molecule has 1 N–H and O–H groups in total. The fourth-order valence-corrected chi connectivity index (χ4v) is 3.33. The fraction of sp³-hybridized carbons (Fsp3) is 0.333. The van der Waals surface area contributed by atoms with Gasteiger partial charge in [-0.3, -0.25) is 9.10 Å². The number of fused-ring (bicyclic) bond motifs is 1. The second-order valence-electron chi connectivity index (χ2n) is 5.34. The number of benzene rings is 1. The molecule has 0 saturated heterocycles. The predicted octanol–water partition coefficient (Wildman–Crippen LogP) is 2.29. The van der Waals surface area contributed by atoms with E-state index in [1.165, 1.54) is 23.2 Å². The third-order valence-electron chi connectivity index (χ3n) is 3.53. The van der Waals surface area contributed by atoms with Crippen molar-refractivity contribution in [3.8, 4) is 0 Å². The van der Waals surface area contributed by atoms with Gasteiger partial charge < -0.3 is 5.11 Å². The van der Waals surface area contributed by atoms with Crippen LogP contribution < -0.4 is 10.4 Å². The van der Waals surface area contributed by atoms with Gasteiger partial charge in [-0.1, -0.05) is 50.1 Å². The number of rotatable bonds is 9. The molecule has 0 atom stereocenters. The number of nitrogens with zero attached hydrogens (tertiary/aromatic N) is 1. The first kappa shape index (κ1) is 17.3. The lowest BCUT2D eigenvalue weighted by molar-refractivity contribution is -0.131. The molecule has 23 heavy (non-hydrogen) atoms. The molecule has 0 saturated carbocycles. The molecule has 1 aliphatic rings. The number of aliphatic carboxylic acids is 1. The Morgan fingerprint density at radius 3 is 2.74 bits per heavy atom. The van der Waals surface area contributed by atoms with Gasteiger partial charge in [0, 0.05) is 17.4 Å². The van der Waals surface area contributed by atoms with Gasteiger partial charge in [0.05, 0.1) is 6.54 Å². The molecule has 4 nitrogen and oxygen atoms in total. The minimum Gasteiger partial charge on any atom is -0.478 e. The fourth-order valence-electron chi connectivity index (χ4n) is 2.27. The summed E-state index contributed by atoms with van der Waals surface area (Å²) in [5.74, 6) is -0.953. The summed E-state index contributed by atoms with van der Waals surface area (Å²) < 4.78 is 1.65. The van der Waals surface area contributed by atoms with Crippen LogP contribution in [0, 0.1) is 0 Å². The summed E-state index contributed by atoms with van der Waals surface area (Å²) in [6, 6.07) is 8.03. The average molecular weight is 331 g/mol. The van der Waals surface area contributed by atoms with E-state index in [4.69, 9.17) is 5.11 Å². The van der Waals surface area contributed by atoms with E-state index in [-0.39, 0.29) is 5.91 Å². The predicted molar refractivity (Wildman–Crippen MR) is 93.8 cm³/mol. The van der Waals surface area contributed by atoms with Gasteiger partial charge in [-0.15, -0.1) is 0 Å². The molecule has 0 fully saturated rings. The van der Waals surface area contributed by atoms with Crippen molar-refractivity contribution in [2.75, 3.05) is 6.54 Å². The monoisotopic (exact) mass is 331 g/mol. The number of carbonyl (C=O) groups excluding carboxylic acids is 1. The molecule has 0 radical (unpaired) electrons. The number of unbranched alkanes of at least 4 members (excludes halogenated alkanes) is 2. The normalized spacial score (nSPS) is 12.5. The van der Waals surface area contributed by atoms with E-state index in [1.807, 2.05) is 30.3 Å². The summed E-state index contributed by atoms with van der Waals surface area (Å²) in [7, 11) is 0. The van der Waals surface area contributed by atoms with Crippen molar-refractivity contribution < 1.29 is 14.7 Å². The van der Waals surface area contributed by atoms with Crippen LogP contribution in [0.2, 0.25) is 0 Å². The van der Waals surface area contributed by atoms with E-state index in [0.717, 1.165) is 35.5 Å². The lowest BCUT2D eigenvalue weighted by Crippen LogP contribution is -2.35. The van der Waals surface area contributed by atoms with E-state index in [1.54, 1.807) is 4.31 Å². The Kier molecular flexibility index (Phi) is 6.47. The molecule has 5 heteroatoms. The zero-order valence-electron chi connectivity index (χ0n) is 13.2. The van der Waals surface area contributed by atoms with Gasteiger partial charge in [0.1, 0.15) is 0 Å². The molecule has 1 aromatic carbocycles. The second kappa shape index (κ2) is 8.58. The maximum atomic E-state index is 12.4. The Bertz CT molecular complexity index is 724.